The summed E-state index contributed by atoms with van der Waals surface area (Å²) >= 11 is 3.46. The molecule has 1 atom stereocenters. The average molecular weight is 322 g/mol. The Hall–Kier alpha value is -1.13. The Morgan fingerprint density at radius 3 is 2.63 bits per heavy atom. The Morgan fingerprint density at radius 1 is 1.32 bits per heavy atom. The summed E-state index contributed by atoms with van der Waals surface area (Å²) < 4.78 is 3.00. The molecule has 0 bridgehead atoms. The molecule has 1 unspecified atom stereocenters. The van der Waals surface area contributed by atoms with Crippen molar-refractivity contribution in [1.29, 1.82) is 0 Å². The van der Waals surface area contributed by atoms with Crippen LogP contribution in [0.4, 0.5) is 0 Å². The Kier molecular flexibility index (Phi) is 4.77. The quantitative estimate of drug-likeness (QED) is 0.911. The predicted octanol–water partition coefficient (Wildman–Crippen LogP) is 3.60. The number of hydrogen-bond donors (Lipinski definition) is 1. The summed E-state index contributed by atoms with van der Waals surface area (Å²) in [4.78, 5) is 0. The Labute approximate surface area is 123 Å². The summed E-state index contributed by atoms with van der Waals surface area (Å²) in [5.74, 6) is 0. The standard InChI is InChI=1S/C15H20BrN3/c1-4-15-13(10-19(3)18-15)9-17-11(2)12-5-7-14(16)8-6-12/h5-8,10-11,17H,4,9H2,1-3H3. The van der Waals surface area contributed by atoms with E-state index in [1.807, 2.05) is 11.7 Å². The van der Waals surface area contributed by atoms with Crippen LogP contribution in [0.5, 0.6) is 0 Å². The first-order valence-electron chi connectivity index (χ1n) is 6.60. The lowest BCUT2D eigenvalue weighted by molar-refractivity contribution is 0.572. The van der Waals surface area contributed by atoms with Crippen LogP contribution in [0.2, 0.25) is 0 Å². The molecule has 1 heterocycles. The highest BCUT2D eigenvalue weighted by atomic mass is 79.9. The van der Waals surface area contributed by atoms with Gasteiger partial charge in [0, 0.05) is 35.9 Å². The molecule has 102 valence electrons. The lowest BCUT2D eigenvalue weighted by Crippen LogP contribution is -2.18. The summed E-state index contributed by atoms with van der Waals surface area (Å²) in [6, 6.07) is 8.78. The van der Waals surface area contributed by atoms with Gasteiger partial charge in [-0.05, 0) is 31.0 Å². The molecule has 2 rings (SSSR count). The maximum Gasteiger partial charge on any atom is 0.0666 e. The maximum atomic E-state index is 4.46. The van der Waals surface area contributed by atoms with E-state index in [1.54, 1.807) is 0 Å². The van der Waals surface area contributed by atoms with E-state index in [0.29, 0.717) is 6.04 Å². The SMILES string of the molecule is CCc1nn(C)cc1CNC(C)c1ccc(Br)cc1. The number of aromatic nitrogens is 2. The van der Waals surface area contributed by atoms with Crippen molar-refractivity contribution >= 4 is 15.9 Å². The van der Waals surface area contributed by atoms with Gasteiger partial charge in [-0.3, -0.25) is 4.68 Å². The van der Waals surface area contributed by atoms with Gasteiger partial charge in [0.25, 0.3) is 0 Å². The summed E-state index contributed by atoms with van der Waals surface area (Å²) in [6.07, 6.45) is 3.07. The third-order valence-corrected chi connectivity index (χ3v) is 3.82. The molecule has 1 aromatic heterocycles. The fourth-order valence-electron chi connectivity index (χ4n) is 2.16. The molecule has 0 aliphatic rings. The zero-order valence-corrected chi connectivity index (χ0v) is 13.2. The molecule has 0 saturated heterocycles. The molecule has 3 nitrogen and oxygen atoms in total. The molecule has 0 aliphatic carbocycles. The van der Waals surface area contributed by atoms with Gasteiger partial charge in [0.1, 0.15) is 0 Å². The number of nitrogens with one attached hydrogen (secondary N) is 1. The van der Waals surface area contributed by atoms with Crippen molar-refractivity contribution in [2.24, 2.45) is 7.05 Å². The van der Waals surface area contributed by atoms with Crippen molar-refractivity contribution in [2.45, 2.75) is 32.9 Å². The van der Waals surface area contributed by atoms with Crippen LogP contribution in [-0.4, -0.2) is 9.78 Å². The van der Waals surface area contributed by atoms with Crippen LogP contribution in [-0.2, 0) is 20.0 Å². The normalized spacial score (nSPS) is 12.6. The molecule has 1 N–H and O–H groups in total. The molecule has 19 heavy (non-hydrogen) atoms. The lowest BCUT2D eigenvalue weighted by Gasteiger charge is -2.14. The zero-order valence-electron chi connectivity index (χ0n) is 11.7. The van der Waals surface area contributed by atoms with E-state index in [1.165, 1.54) is 16.8 Å². The molecule has 0 spiro atoms. The zero-order chi connectivity index (χ0) is 13.8. The summed E-state index contributed by atoms with van der Waals surface area (Å²) in [5, 5.41) is 8.02. The second kappa shape index (κ2) is 6.35. The van der Waals surface area contributed by atoms with E-state index in [4.69, 9.17) is 0 Å². The fraction of sp³-hybridized carbons (Fsp3) is 0.400. The molecule has 2 aromatic rings. The minimum absolute atomic E-state index is 0.331. The van der Waals surface area contributed by atoms with Crippen LogP contribution in [0.15, 0.2) is 34.9 Å². The van der Waals surface area contributed by atoms with Gasteiger partial charge < -0.3 is 5.32 Å². The van der Waals surface area contributed by atoms with Gasteiger partial charge in [-0.2, -0.15) is 5.10 Å². The van der Waals surface area contributed by atoms with Crippen LogP contribution in [0, 0.1) is 0 Å². The highest BCUT2D eigenvalue weighted by molar-refractivity contribution is 9.10. The van der Waals surface area contributed by atoms with Crippen LogP contribution >= 0.6 is 15.9 Å². The Bertz CT molecular complexity index is 531. The van der Waals surface area contributed by atoms with Gasteiger partial charge in [-0.25, -0.2) is 0 Å². The number of aryl methyl sites for hydroxylation is 2. The van der Waals surface area contributed by atoms with Crippen molar-refractivity contribution in [2.75, 3.05) is 0 Å². The van der Waals surface area contributed by atoms with Crippen molar-refractivity contribution in [3.05, 3.63) is 51.8 Å². The van der Waals surface area contributed by atoms with Gasteiger partial charge >= 0.3 is 0 Å². The first kappa shape index (κ1) is 14.3. The minimum atomic E-state index is 0.331. The largest absolute Gasteiger partial charge is 0.306 e. The molecule has 0 aliphatic heterocycles. The Morgan fingerprint density at radius 2 is 2.00 bits per heavy atom. The van der Waals surface area contributed by atoms with E-state index in [0.717, 1.165) is 17.4 Å². The second-order valence-corrected chi connectivity index (χ2v) is 5.70. The van der Waals surface area contributed by atoms with Crippen LogP contribution in [0.25, 0.3) is 0 Å². The van der Waals surface area contributed by atoms with Crippen molar-refractivity contribution in [1.82, 2.24) is 15.1 Å². The number of nitrogens with zero attached hydrogens (tertiary/aromatic N) is 2. The number of hydrogen-bond acceptors (Lipinski definition) is 2. The molecule has 0 saturated carbocycles. The Balaban J connectivity index is 1.99. The third-order valence-electron chi connectivity index (χ3n) is 3.30. The second-order valence-electron chi connectivity index (χ2n) is 4.78. The first-order valence-corrected chi connectivity index (χ1v) is 7.39. The lowest BCUT2D eigenvalue weighted by atomic mass is 10.1. The highest BCUT2D eigenvalue weighted by Gasteiger charge is 2.09. The number of halogens is 1. The minimum Gasteiger partial charge on any atom is -0.306 e. The first-order chi connectivity index (χ1) is 9.10. The summed E-state index contributed by atoms with van der Waals surface area (Å²) in [5.41, 5.74) is 3.76. The number of rotatable bonds is 5. The molecule has 4 heteroatoms. The van der Waals surface area contributed by atoms with Crippen molar-refractivity contribution in [3.63, 3.8) is 0 Å². The molecule has 1 aromatic carbocycles. The van der Waals surface area contributed by atoms with Crippen LogP contribution in [0.1, 0.15) is 36.7 Å². The van der Waals surface area contributed by atoms with Crippen LogP contribution in [0.3, 0.4) is 0 Å². The van der Waals surface area contributed by atoms with Gasteiger partial charge in [-0.15, -0.1) is 0 Å². The van der Waals surface area contributed by atoms with Gasteiger partial charge in [0.2, 0.25) is 0 Å². The average Bonchev–Trinajstić information content (AvgIpc) is 2.77. The monoisotopic (exact) mass is 321 g/mol. The topological polar surface area (TPSA) is 29.9 Å². The maximum absolute atomic E-state index is 4.46. The summed E-state index contributed by atoms with van der Waals surface area (Å²) in [6.45, 7) is 5.18. The smallest absolute Gasteiger partial charge is 0.0666 e. The highest BCUT2D eigenvalue weighted by Crippen LogP contribution is 2.17. The van der Waals surface area contributed by atoms with Crippen molar-refractivity contribution in [3.8, 4) is 0 Å². The molecular weight excluding hydrogens is 302 g/mol. The van der Waals surface area contributed by atoms with E-state index in [9.17, 15) is 0 Å². The molecule has 0 radical (unpaired) electrons. The van der Waals surface area contributed by atoms with E-state index < -0.39 is 0 Å². The molecule has 0 fully saturated rings. The van der Waals surface area contributed by atoms with Crippen LogP contribution < -0.4 is 5.32 Å². The predicted molar refractivity (Wildman–Crippen MR) is 82.0 cm³/mol. The van der Waals surface area contributed by atoms with E-state index in [2.05, 4.69) is 70.7 Å². The molecular formula is C15H20BrN3. The van der Waals surface area contributed by atoms with Gasteiger partial charge in [-0.1, -0.05) is 35.0 Å². The third kappa shape index (κ3) is 3.67. The van der Waals surface area contributed by atoms with Gasteiger partial charge in [0.05, 0.1) is 5.69 Å². The number of benzene rings is 1. The van der Waals surface area contributed by atoms with E-state index >= 15 is 0 Å². The summed E-state index contributed by atoms with van der Waals surface area (Å²) in [7, 11) is 1.97. The van der Waals surface area contributed by atoms with Crippen molar-refractivity contribution < 1.29 is 0 Å². The molecule has 0 amide bonds. The van der Waals surface area contributed by atoms with E-state index in [-0.39, 0.29) is 0 Å². The fourth-order valence-corrected chi connectivity index (χ4v) is 2.43. The van der Waals surface area contributed by atoms with Gasteiger partial charge in [0.15, 0.2) is 0 Å².